The van der Waals surface area contributed by atoms with E-state index in [1.807, 2.05) is 0 Å². The van der Waals surface area contributed by atoms with Gasteiger partial charge in [0.05, 0.1) is 0 Å². The molecule has 0 unspecified atom stereocenters. The average molecular weight is 286 g/mol. The van der Waals surface area contributed by atoms with Crippen molar-refractivity contribution in [2.24, 2.45) is 0 Å². The maximum atomic E-state index is 0. The molecule has 0 N–H and O–H groups in total. The van der Waals surface area contributed by atoms with Crippen LogP contribution >= 0.6 is 0 Å². The van der Waals surface area contributed by atoms with E-state index in [0.29, 0.717) is 0 Å². The van der Waals surface area contributed by atoms with Gasteiger partial charge in [-0.3, -0.25) is 0 Å². The van der Waals surface area contributed by atoms with Crippen molar-refractivity contribution in [2.45, 2.75) is 0 Å². The fraction of sp³-hybridized carbons (Fsp3) is 0. The Labute approximate surface area is 74.2 Å². The van der Waals surface area contributed by atoms with Gasteiger partial charge in [-0.25, -0.2) is 0 Å². The van der Waals surface area contributed by atoms with Crippen molar-refractivity contribution in [3.05, 3.63) is 0 Å². The first-order chi connectivity index (χ1) is 0. The van der Waals surface area contributed by atoms with Gasteiger partial charge in [0.2, 0.25) is 0 Å². The van der Waals surface area contributed by atoms with Crippen LogP contribution < -0.4 is 0 Å². The van der Waals surface area contributed by atoms with E-state index in [1.165, 1.54) is 0 Å². The number of hydrogen-bond donors (Lipinski definition) is 0. The monoisotopic (exact) mass is 287 g/mol. The molecule has 0 amide bonds. The molecule has 4 heteroatoms. The van der Waals surface area contributed by atoms with Gasteiger partial charge in [0.1, 0.15) is 0 Å². The Hall–Kier alpha value is 2.36. The summed E-state index contributed by atoms with van der Waals surface area (Å²) in [5.41, 5.74) is 0. The van der Waals surface area contributed by atoms with Crippen molar-refractivity contribution >= 4 is 23.9 Å². The predicted molar refractivity (Wildman–Crippen MR) is 8.54 cm³/mol. The minimum absolute atomic E-state index is 0. The van der Waals surface area contributed by atoms with Crippen LogP contribution in [0.15, 0.2) is 0 Å². The molecule has 27 valence electrons. The molecule has 0 saturated heterocycles. The molecule has 0 bridgehead atoms. The van der Waals surface area contributed by atoms with E-state index in [4.69, 9.17) is 0 Å². The molecule has 0 atom stereocenters. The van der Waals surface area contributed by atoms with Crippen molar-refractivity contribution in [1.82, 2.24) is 0 Å². The molecule has 0 spiro atoms. The van der Waals surface area contributed by atoms with E-state index in [-0.39, 0.29) is 75.1 Å². The summed E-state index contributed by atoms with van der Waals surface area (Å²) in [6.07, 6.45) is 0. The van der Waals surface area contributed by atoms with E-state index in [2.05, 4.69) is 0 Å². The molecule has 0 nitrogen and oxygen atoms in total. The normalized spacial score (nSPS) is 0. The van der Waals surface area contributed by atoms with E-state index in [9.17, 15) is 0 Å². The molecule has 0 saturated carbocycles. The summed E-state index contributed by atoms with van der Waals surface area (Å²) in [6, 6.07) is 0. The van der Waals surface area contributed by atoms with Gasteiger partial charge in [0.25, 0.3) is 0 Å². The van der Waals surface area contributed by atoms with Gasteiger partial charge in [-0.15, -0.1) is 0 Å². The summed E-state index contributed by atoms with van der Waals surface area (Å²) < 4.78 is 0. The van der Waals surface area contributed by atoms with Gasteiger partial charge in [-0.1, -0.05) is 0 Å². The molecule has 5 radical (unpaired) electrons. The summed E-state index contributed by atoms with van der Waals surface area (Å²) in [6.45, 7) is 0. The van der Waals surface area contributed by atoms with Crippen LogP contribution in [0.3, 0.4) is 0 Å². The van der Waals surface area contributed by atoms with Gasteiger partial charge in [-0.2, -0.15) is 0 Å². The molecular weight excluding hydrogens is 284 g/mol. The van der Waals surface area contributed by atoms with Crippen LogP contribution in [0.2, 0.25) is 0 Å². The predicted octanol–water partition coefficient (Wildman–Crippen LogP) is -0.924. The Morgan fingerprint density at radius 2 is 0.500 bits per heavy atom. The molecule has 0 aliphatic carbocycles. The second kappa shape index (κ2) is 18.3. The molecule has 0 aromatic rings. The number of hydrogen-bond acceptors (Lipinski definition) is 0. The third-order valence-electron chi connectivity index (χ3n) is 0. The van der Waals surface area contributed by atoms with E-state index in [1.54, 1.807) is 0 Å². The third kappa shape index (κ3) is 8.84. The minimum atomic E-state index is 0. The first-order valence-electron chi connectivity index (χ1n) is 0. The average Bonchev–Trinajstić information content (AvgIpc) is 0. The fourth-order valence-electron chi connectivity index (χ4n) is 0. The molecule has 0 fully saturated rings. The zero-order valence-electron chi connectivity index (χ0n) is 1.84. The van der Waals surface area contributed by atoms with Crippen molar-refractivity contribution in [1.29, 1.82) is 0 Å². The third-order valence-corrected chi connectivity index (χ3v) is 0. The van der Waals surface area contributed by atoms with Crippen molar-refractivity contribution in [2.75, 3.05) is 0 Å². The first kappa shape index (κ1) is 32.8. The second-order valence-electron chi connectivity index (χ2n) is 0. The Morgan fingerprint density at radius 3 is 0.500 bits per heavy atom. The topological polar surface area (TPSA) is 0 Å². The Morgan fingerprint density at radius 1 is 0.500 bits per heavy atom. The van der Waals surface area contributed by atoms with Gasteiger partial charge >= 0.3 is 23.9 Å². The van der Waals surface area contributed by atoms with Gasteiger partial charge in [0, 0.05) is 51.2 Å². The van der Waals surface area contributed by atoms with Crippen LogP contribution in [0.4, 0.5) is 0 Å². The zero-order valence-corrected chi connectivity index (χ0v) is 9.42. The fourth-order valence-corrected chi connectivity index (χ4v) is 0. The van der Waals surface area contributed by atoms with Crippen LogP contribution in [0.25, 0.3) is 0 Å². The molecule has 0 rings (SSSR count). The number of rotatable bonds is 0. The van der Waals surface area contributed by atoms with Crippen molar-refractivity contribution in [3.63, 3.8) is 0 Å². The van der Waals surface area contributed by atoms with E-state index >= 15 is 0 Å². The molecule has 0 heterocycles. The molecular formula is H2Mn3Sn. The molecule has 0 aromatic carbocycles. The Bertz CT molecular complexity index is 3.25. The molecule has 0 aliphatic heterocycles. The summed E-state index contributed by atoms with van der Waals surface area (Å²) in [4.78, 5) is 0. The van der Waals surface area contributed by atoms with E-state index in [0.717, 1.165) is 0 Å². The summed E-state index contributed by atoms with van der Waals surface area (Å²) in [5, 5.41) is 0. The summed E-state index contributed by atoms with van der Waals surface area (Å²) in [7, 11) is 0. The molecule has 4 heavy (non-hydrogen) atoms. The summed E-state index contributed by atoms with van der Waals surface area (Å²) >= 11 is 0. The first-order valence-corrected chi connectivity index (χ1v) is 0. The van der Waals surface area contributed by atoms with Gasteiger partial charge < -0.3 is 0 Å². The van der Waals surface area contributed by atoms with Gasteiger partial charge in [-0.05, 0) is 0 Å². The van der Waals surface area contributed by atoms with Crippen LogP contribution in [-0.4, -0.2) is 23.9 Å². The molecule has 0 aliphatic rings. The Balaban J connectivity index is 0. The van der Waals surface area contributed by atoms with Crippen LogP contribution in [0, 0.1) is 0 Å². The van der Waals surface area contributed by atoms with E-state index < -0.39 is 0 Å². The van der Waals surface area contributed by atoms with Crippen molar-refractivity contribution < 1.29 is 51.2 Å². The standard InChI is InChI=1S/3Mn.Sn.2H. The van der Waals surface area contributed by atoms with Crippen LogP contribution in [0.1, 0.15) is 0 Å². The summed E-state index contributed by atoms with van der Waals surface area (Å²) in [5.74, 6) is 0. The van der Waals surface area contributed by atoms with Gasteiger partial charge in [0.15, 0.2) is 0 Å². The zero-order chi connectivity index (χ0) is 0. The quantitative estimate of drug-likeness (QED) is 0.505. The second-order valence-corrected chi connectivity index (χ2v) is 0. The molecule has 0 aromatic heterocycles. The maximum absolute atomic E-state index is 0. The van der Waals surface area contributed by atoms with Crippen LogP contribution in [-0.2, 0) is 51.2 Å². The van der Waals surface area contributed by atoms with Crippen LogP contribution in [0.5, 0.6) is 0 Å². The SMILES string of the molecule is [Mn].[Mn].[Mn].[SnH2]. The van der Waals surface area contributed by atoms with Crippen molar-refractivity contribution in [3.8, 4) is 0 Å². The Kier molecular flexibility index (Phi) is 150.